The Labute approximate surface area is 142 Å². The molecule has 25 heavy (non-hydrogen) atoms. The van der Waals surface area contributed by atoms with Crippen LogP contribution in [0, 0.1) is 22.9 Å². The average molecular weight is 348 g/mol. The molecule has 4 nitrogen and oxygen atoms in total. The summed E-state index contributed by atoms with van der Waals surface area (Å²) in [6, 6.07) is 8.40. The van der Waals surface area contributed by atoms with Crippen molar-refractivity contribution >= 4 is 17.5 Å². The molecule has 0 heterocycles. The Morgan fingerprint density at radius 2 is 1.56 bits per heavy atom. The van der Waals surface area contributed by atoms with Crippen LogP contribution in [-0.2, 0) is 16.1 Å². The number of anilines is 1. The van der Waals surface area contributed by atoms with E-state index in [0.29, 0.717) is 24.5 Å². The van der Waals surface area contributed by atoms with Gasteiger partial charge in [0.05, 0.1) is 5.69 Å². The van der Waals surface area contributed by atoms with E-state index in [9.17, 15) is 22.8 Å². The standard InChI is InChI=1S/C18H15F3N2O2/c19-12-3-1-11(2-4-12)10-22-16(24)18(7-8-18)17(25)23-15-6-5-13(20)9-14(15)21/h1-6,9H,7-8,10H2,(H,22,24)(H,23,25). The molecule has 0 bridgehead atoms. The number of benzene rings is 2. The third-order valence-corrected chi connectivity index (χ3v) is 4.16. The second kappa shape index (κ2) is 6.58. The lowest BCUT2D eigenvalue weighted by atomic mass is 10.0. The maximum Gasteiger partial charge on any atom is 0.240 e. The summed E-state index contributed by atoms with van der Waals surface area (Å²) in [5, 5.41) is 4.97. The Kier molecular flexibility index (Phi) is 4.48. The number of carbonyl (C=O) groups excluding carboxylic acids is 2. The molecule has 1 aliphatic carbocycles. The zero-order chi connectivity index (χ0) is 18.0. The Morgan fingerprint density at radius 3 is 2.16 bits per heavy atom. The fourth-order valence-corrected chi connectivity index (χ4v) is 2.47. The van der Waals surface area contributed by atoms with E-state index >= 15 is 0 Å². The monoisotopic (exact) mass is 348 g/mol. The summed E-state index contributed by atoms with van der Waals surface area (Å²) in [6.07, 6.45) is 0.688. The van der Waals surface area contributed by atoms with Crippen molar-refractivity contribution in [2.75, 3.05) is 5.32 Å². The minimum atomic E-state index is -1.25. The highest BCUT2D eigenvalue weighted by Gasteiger charge is 2.56. The highest BCUT2D eigenvalue weighted by atomic mass is 19.1. The van der Waals surface area contributed by atoms with Crippen LogP contribution in [0.4, 0.5) is 18.9 Å². The van der Waals surface area contributed by atoms with Gasteiger partial charge in [-0.3, -0.25) is 9.59 Å². The number of amides is 2. The van der Waals surface area contributed by atoms with Crippen molar-refractivity contribution in [1.82, 2.24) is 5.32 Å². The molecule has 0 unspecified atom stereocenters. The molecule has 0 saturated heterocycles. The molecule has 2 aromatic carbocycles. The van der Waals surface area contributed by atoms with Gasteiger partial charge in [0, 0.05) is 12.6 Å². The largest absolute Gasteiger partial charge is 0.351 e. The number of nitrogens with one attached hydrogen (secondary N) is 2. The van der Waals surface area contributed by atoms with Crippen LogP contribution in [0.5, 0.6) is 0 Å². The van der Waals surface area contributed by atoms with Gasteiger partial charge in [-0.2, -0.15) is 0 Å². The second-order valence-electron chi connectivity index (χ2n) is 5.97. The highest BCUT2D eigenvalue weighted by Crippen LogP contribution is 2.47. The van der Waals surface area contributed by atoms with E-state index in [-0.39, 0.29) is 18.0 Å². The molecule has 2 amide bonds. The molecule has 0 aliphatic heterocycles. The lowest BCUT2D eigenvalue weighted by molar-refractivity contribution is -0.134. The maximum atomic E-state index is 13.6. The van der Waals surface area contributed by atoms with E-state index in [1.54, 1.807) is 0 Å². The number of hydrogen-bond acceptors (Lipinski definition) is 2. The van der Waals surface area contributed by atoms with Crippen LogP contribution < -0.4 is 10.6 Å². The first-order valence-electron chi connectivity index (χ1n) is 7.70. The molecule has 0 aromatic heterocycles. The van der Waals surface area contributed by atoms with Gasteiger partial charge in [-0.1, -0.05) is 12.1 Å². The van der Waals surface area contributed by atoms with Crippen molar-refractivity contribution in [2.24, 2.45) is 5.41 Å². The highest BCUT2D eigenvalue weighted by molar-refractivity contribution is 6.13. The van der Waals surface area contributed by atoms with Crippen LogP contribution in [0.25, 0.3) is 0 Å². The fourth-order valence-electron chi connectivity index (χ4n) is 2.47. The van der Waals surface area contributed by atoms with Gasteiger partial charge < -0.3 is 10.6 Å². The zero-order valence-corrected chi connectivity index (χ0v) is 13.1. The van der Waals surface area contributed by atoms with E-state index in [2.05, 4.69) is 10.6 Å². The molecule has 0 radical (unpaired) electrons. The Morgan fingerprint density at radius 1 is 0.920 bits per heavy atom. The Hall–Kier alpha value is -2.83. The topological polar surface area (TPSA) is 58.2 Å². The van der Waals surface area contributed by atoms with E-state index < -0.39 is 28.9 Å². The van der Waals surface area contributed by atoms with Crippen LogP contribution >= 0.6 is 0 Å². The lowest BCUT2D eigenvalue weighted by Gasteiger charge is -2.16. The maximum absolute atomic E-state index is 13.6. The van der Waals surface area contributed by atoms with Gasteiger partial charge in [-0.15, -0.1) is 0 Å². The van der Waals surface area contributed by atoms with Gasteiger partial charge in [0.1, 0.15) is 22.9 Å². The van der Waals surface area contributed by atoms with Crippen molar-refractivity contribution in [3.8, 4) is 0 Å². The van der Waals surface area contributed by atoms with Crippen molar-refractivity contribution in [3.05, 3.63) is 65.5 Å². The van der Waals surface area contributed by atoms with Gasteiger partial charge in [0.25, 0.3) is 0 Å². The summed E-state index contributed by atoms with van der Waals surface area (Å²) in [6.45, 7) is 0.152. The van der Waals surface area contributed by atoms with Crippen LogP contribution in [0.15, 0.2) is 42.5 Å². The molecule has 3 rings (SSSR count). The van der Waals surface area contributed by atoms with Crippen molar-refractivity contribution in [3.63, 3.8) is 0 Å². The van der Waals surface area contributed by atoms with E-state index in [1.165, 1.54) is 24.3 Å². The predicted octanol–water partition coefficient (Wildman–Crippen LogP) is 3.14. The fraction of sp³-hybridized carbons (Fsp3) is 0.222. The van der Waals surface area contributed by atoms with Crippen molar-refractivity contribution in [1.29, 1.82) is 0 Å². The molecule has 2 aromatic rings. The van der Waals surface area contributed by atoms with Gasteiger partial charge >= 0.3 is 0 Å². The van der Waals surface area contributed by atoms with Gasteiger partial charge in [-0.05, 0) is 42.7 Å². The van der Waals surface area contributed by atoms with Gasteiger partial charge in [-0.25, -0.2) is 13.2 Å². The molecule has 7 heteroatoms. The number of halogens is 3. The zero-order valence-electron chi connectivity index (χ0n) is 13.1. The van der Waals surface area contributed by atoms with E-state index in [4.69, 9.17) is 0 Å². The number of rotatable bonds is 5. The molecule has 0 spiro atoms. The molecule has 0 atom stereocenters. The minimum Gasteiger partial charge on any atom is -0.351 e. The van der Waals surface area contributed by atoms with Crippen LogP contribution in [-0.4, -0.2) is 11.8 Å². The normalized spacial score (nSPS) is 14.7. The van der Waals surface area contributed by atoms with E-state index in [1.807, 2.05) is 0 Å². The first-order valence-corrected chi connectivity index (χ1v) is 7.70. The Balaban J connectivity index is 1.63. The first kappa shape index (κ1) is 17.0. The first-order chi connectivity index (χ1) is 11.9. The van der Waals surface area contributed by atoms with Crippen molar-refractivity contribution < 1.29 is 22.8 Å². The molecular weight excluding hydrogens is 333 g/mol. The Bertz CT molecular complexity index is 818. The molecule has 1 aliphatic rings. The lowest BCUT2D eigenvalue weighted by Crippen LogP contribution is -2.39. The van der Waals surface area contributed by atoms with E-state index in [0.717, 1.165) is 12.1 Å². The number of carbonyl (C=O) groups is 2. The third-order valence-electron chi connectivity index (χ3n) is 4.16. The number of hydrogen-bond donors (Lipinski definition) is 2. The smallest absolute Gasteiger partial charge is 0.240 e. The summed E-state index contributed by atoms with van der Waals surface area (Å²) in [5.74, 6) is -3.15. The summed E-state index contributed by atoms with van der Waals surface area (Å²) in [4.78, 5) is 24.7. The van der Waals surface area contributed by atoms with Crippen LogP contribution in [0.1, 0.15) is 18.4 Å². The van der Waals surface area contributed by atoms with Crippen LogP contribution in [0.3, 0.4) is 0 Å². The van der Waals surface area contributed by atoms with Crippen molar-refractivity contribution in [2.45, 2.75) is 19.4 Å². The van der Waals surface area contributed by atoms with Gasteiger partial charge in [0.15, 0.2) is 0 Å². The summed E-state index contributed by atoms with van der Waals surface area (Å²) < 4.78 is 39.4. The predicted molar refractivity (Wildman–Crippen MR) is 84.9 cm³/mol. The summed E-state index contributed by atoms with van der Waals surface area (Å²) >= 11 is 0. The van der Waals surface area contributed by atoms with Gasteiger partial charge in [0.2, 0.25) is 11.8 Å². The van der Waals surface area contributed by atoms with Crippen LogP contribution in [0.2, 0.25) is 0 Å². The SMILES string of the molecule is O=C(NCc1ccc(F)cc1)C1(C(=O)Nc2ccc(F)cc2F)CC1. The minimum absolute atomic E-state index is 0.152. The molecule has 2 N–H and O–H groups in total. The molecule has 1 saturated carbocycles. The quantitative estimate of drug-likeness (QED) is 0.816. The molecule has 130 valence electrons. The molecule has 1 fully saturated rings. The average Bonchev–Trinajstić information content (AvgIpc) is 3.38. The third kappa shape index (κ3) is 3.65. The second-order valence-corrected chi connectivity index (χ2v) is 5.97. The summed E-state index contributed by atoms with van der Waals surface area (Å²) in [5.41, 5.74) is -0.736. The molecular formula is C18H15F3N2O2. The summed E-state index contributed by atoms with van der Waals surface area (Å²) in [7, 11) is 0.